The lowest BCUT2D eigenvalue weighted by Crippen LogP contribution is -2.36. The molecule has 0 bridgehead atoms. The van der Waals surface area contributed by atoms with Crippen LogP contribution in [0.5, 0.6) is 11.5 Å². The number of benzene rings is 1. The first kappa shape index (κ1) is 32.5. The summed E-state index contributed by atoms with van der Waals surface area (Å²) >= 11 is 0. The van der Waals surface area contributed by atoms with E-state index in [-0.39, 0.29) is 37.7 Å². The molecule has 0 aliphatic heterocycles. The van der Waals surface area contributed by atoms with E-state index in [0.717, 1.165) is 32.8 Å². The molecule has 0 aliphatic carbocycles. The number of ether oxygens (including phenoxy) is 7. The molecule has 0 saturated carbocycles. The Labute approximate surface area is 223 Å². The molecule has 1 rings (SSSR count). The van der Waals surface area contributed by atoms with Crippen LogP contribution in [0.4, 0.5) is 14.4 Å². The Morgan fingerprint density at radius 2 is 1.39 bits per heavy atom. The largest absolute Gasteiger partial charge is 0.513 e. The van der Waals surface area contributed by atoms with Crippen LogP contribution in [0.1, 0.15) is 64.9 Å². The predicted molar refractivity (Wildman–Crippen MR) is 135 cm³/mol. The first-order chi connectivity index (χ1) is 18.2. The van der Waals surface area contributed by atoms with E-state index in [0.29, 0.717) is 18.4 Å². The lowest BCUT2D eigenvalue weighted by atomic mass is 10.1. The van der Waals surface area contributed by atoms with Gasteiger partial charge >= 0.3 is 24.4 Å². The molecule has 2 atom stereocenters. The fraction of sp³-hybridized carbons (Fsp3) is 0.615. The standard InChI is InChI=1S/C26H39NO11/c1-5-7-9-13-33-25(30)37-21-12-11-19(16-22(21)38-26(31)34-14-10-8-6-2)15-20(27)23(28)35-17-18(3)36-24(29)32-4/h11-12,16,18,20H,5-10,13-15,17,27H2,1-4H3/t18-,20-/m0/s1. The second-order valence-electron chi connectivity index (χ2n) is 8.42. The lowest BCUT2D eigenvalue weighted by molar-refractivity contribution is -0.148. The van der Waals surface area contributed by atoms with Gasteiger partial charge in [0.1, 0.15) is 18.8 Å². The van der Waals surface area contributed by atoms with Gasteiger partial charge in [-0.1, -0.05) is 45.6 Å². The molecule has 214 valence electrons. The Balaban J connectivity index is 2.84. The van der Waals surface area contributed by atoms with Gasteiger partial charge in [0.2, 0.25) is 0 Å². The van der Waals surface area contributed by atoms with E-state index in [4.69, 9.17) is 34.2 Å². The number of hydrogen-bond donors (Lipinski definition) is 1. The van der Waals surface area contributed by atoms with Gasteiger partial charge in [-0.25, -0.2) is 14.4 Å². The number of esters is 1. The zero-order valence-electron chi connectivity index (χ0n) is 22.5. The minimum atomic E-state index is -1.08. The summed E-state index contributed by atoms with van der Waals surface area (Å²) < 4.78 is 34.9. The highest BCUT2D eigenvalue weighted by Crippen LogP contribution is 2.30. The molecule has 2 N–H and O–H groups in total. The maximum absolute atomic E-state index is 12.3. The van der Waals surface area contributed by atoms with Crippen LogP contribution in [0.3, 0.4) is 0 Å². The van der Waals surface area contributed by atoms with Crippen LogP contribution in [-0.2, 0) is 34.9 Å². The van der Waals surface area contributed by atoms with E-state index in [1.807, 2.05) is 13.8 Å². The highest BCUT2D eigenvalue weighted by molar-refractivity contribution is 5.76. The van der Waals surface area contributed by atoms with Crippen molar-refractivity contribution < 1.29 is 52.3 Å². The van der Waals surface area contributed by atoms with E-state index < -0.39 is 36.6 Å². The molecule has 38 heavy (non-hydrogen) atoms. The lowest BCUT2D eigenvalue weighted by Gasteiger charge is -2.16. The van der Waals surface area contributed by atoms with E-state index in [1.165, 1.54) is 19.1 Å². The number of carbonyl (C=O) groups excluding carboxylic acids is 4. The Bertz CT molecular complexity index is 890. The third kappa shape index (κ3) is 13.7. The fourth-order valence-electron chi connectivity index (χ4n) is 2.99. The maximum atomic E-state index is 12.3. The Morgan fingerprint density at radius 1 is 0.816 bits per heavy atom. The summed E-state index contributed by atoms with van der Waals surface area (Å²) in [7, 11) is 1.16. The molecular weight excluding hydrogens is 502 g/mol. The van der Waals surface area contributed by atoms with Gasteiger partial charge in [-0.05, 0) is 43.9 Å². The third-order valence-corrected chi connectivity index (χ3v) is 5.01. The van der Waals surface area contributed by atoms with Crippen molar-refractivity contribution in [3.05, 3.63) is 23.8 Å². The first-order valence-electron chi connectivity index (χ1n) is 12.7. The molecular formula is C26H39NO11. The van der Waals surface area contributed by atoms with Gasteiger partial charge < -0.3 is 38.9 Å². The van der Waals surface area contributed by atoms with Crippen LogP contribution < -0.4 is 15.2 Å². The number of methoxy groups -OCH3 is 1. The van der Waals surface area contributed by atoms with Crippen molar-refractivity contribution in [3.63, 3.8) is 0 Å². The molecule has 0 fully saturated rings. The van der Waals surface area contributed by atoms with Crippen LogP contribution in [0.25, 0.3) is 0 Å². The first-order valence-corrected chi connectivity index (χ1v) is 12.7. The third-order valence-electron chi connectivity index (χ3n) is 5.01. The van der Waals surface area contributed by atoms with Crippen LogP contribution in [0.15, 0.2) is 18.2 Å². The van der Waals surface area contributed by atoms with Crippen molar-refractivity contribution in [3.8, 4) is 11.5 Å². The zero-order chi connectivity index (χ0) is 28.3. The van der Waals surface area contributed by atoms with Crippen LogP contribution in [0, 0.1) is 0 Å². The normalized spacial score (nSPS) is 12.0. The van der Waals surface area contributed by atoms with Gasteiger partial charge in [-0.15, -0.1) is 0 Å². The summed E-state index contributed by atoms with van der Waals surface area (Å²) in [6, 6.07) is 3.27. The molecule has 0 saturated heterocycles. The zero-order valence-corrected chi connectivity index (χ0v) is 22.5. The SMILES string of the molecule is CCCCCOC(=O)Oc1ccc(C[C@H](N)C(=O)OC[C@H](C)OC(=O)OC)cc1OC(=O)OCCCCC. The van der Waals surface area contributed by atoms with Gasteiger partial charge in [0.25, 0.3) is 0 Å². The molecule has 12 nitrogen and oxygen atoms in total. The second kappa shape index (κ2) is 18.7. The molecule has 0 aromatic heterocycles. The van der Waals surface area contributed by atoms with Crippen molar-refractivity contribution in [1.82, 2.24) is 0 Å². The summed E-state index contributed by atoms with van der Waals surface area (Å²) in [6.07, 6.45) is 1.55. The van der Waals surface area contributed by atoms with Gasteiger partial charge in [-0.2, -0.15) is 0 Å². The maximum Gasteiger partial charge on any atom is 0.513 e. The predicted octanol–water partition coefficient (Wildman–Crippen LogP) is 4.68. The number of nitrogens with two attached hydrogens (primary N) is 1. The van der Waals surface area contributed by atoms with Gasteiger partial charge in [0.15, 0.2) is 11.5 Å². The van der Waals surface area contributed by atoms with Crippen molar-refractivity contribution in [2.24, 2.45) is 5.73 Å². The molecule has 0 spiro atoms. The number of unbranched alkanes of at least 4 members (excludes halogenated alkanes) is 4. The molecule has 1 aromatic rings. The quantitative estimate of drug-likeness (QED) is 0.133. The van der Waals surface area contributed by atoms with E-state index >= 15 is 0 Å². The highest BCUT2D eigenvalue weighted by atomic mass is 16.7. The summed E-state index contributed by atoms with van der Waals surface area (Å²) in [4.78, 5) is 47.7. The molecule has 0 heterocycles. The van der Waals surface area contributed by atoms with Gasteiger partial charge in [0.05, 0.1) is 20.3 Å². The minimum Gasteiger partial charge on any atom is -0.461 e. The van der Waals surface area contributed by atoms with E-state index in [2.05, 4.69) is 4.74 Å². The smallest absolute Gasteiger partial charge is 0.461 e. The molecule has 0 radical (unpaired) electrons. The van der Waals surface area contributed by atoms with Crippen LogP contribution in [0.2, 0.25) is 0 Å². The Morgan fingerprint density at radius 3 is 1.95 bits per heavy atom. The van der Waals surface area contributed by atoms with Crippen molar-refractivity contribution in [1.29, 1.82) is 0 Å². The molecule has 0 amide bonds. The van der Waals surface area contributed by atoms with Crippen LogP contribution in [-0.4, -0.2) is 63.5 Å². The monoisotopic (exact) mass is 541 g/mol. The van der Waals surface area contributed by atoms with Gasteiger partial charge in [0, 0.05) is 0 Å². The second-order valence-corrected chi connectivity index (χ2v) is 8.42. The fourth-order valence-corrected chi connectivity index (χ4v) is 2.99. The number of hydrogen-bond acceptors (Lipinski definition) is 12. The summed E-state index contributed by atoms with van der Waals surface area (Å²) in [5.41, 5.74) is 6.45. The summed E-state index contributed by atoms with van der Waals surface area (Å²) in [6.45, 7) is 5.72. The van der Waals surface area contributed by atoms with Crippen LogP contribution >= 0.6 is 0 Å². The topological polar surface area (TPSA) is 159 Å². The van der Waals surface area contributed by atoms with Gasteiger partial charge in [-0.3, -0.25) is 4.79 Å². The highest BCUT2D eigenvalue weighted by Gasteiger charge is 2.21. The summed E-state index contributed by atoms with van der Waals surface area (Å²) in [5, 5.41) is 0. The molecule has 0 unspecified atom stereocenters. The Hall–Kier alpha value is -3.54. The average molecular weight is 542 g/mol. The number of rotatable bonds is 16. The number of carbonyl (C=O) groups is 4. The molecule has 12 heteroatoms. The molecule has 1 aromatic carbocycles. The van der Waals surface area contributed by atoms with E-state index in [1.54, 1.807) is 6.07 Å². The Kier molecular flexibility index (Phi) is 16.0. The molecule has 0 aliphatic rings. The van der Waals surface area contributed by atoms with E-state index in [9.17, 15) is 19.2 Å². The minimum absolute atomic E-state index is 0.00866. The van der Waals surface area contributed by atoms with Crippen molar-refractivity contribution >= 4 is 24.4 Å². The summed E-state index contributed by atoms with van der Waals surface area (Å²) in [5.74, 6) is -0.905. The van der Waals surface area contributed by atoms with Crippen molar-refractivity contribution in [2.75, 3.05) is 26.9 Å². The van der Waals surface area contributed by atoms with Crippen molar-refractivity contribution in [2.45, 2.75) is 77.9 Å². The average Bonchev–Trinajstić information content (AvgIpc) is 2.89.